The molecule has 1 fully saturated rings. The molecule has 1 saturated heterocycles. The molecule has 0 unspecified atom stereocenters. The topological polar surface area (TPSA) is 86.7 Å². The van der Waals surface area contributed by atoms with Crippen LogP contribution in [0.15, 0.2) is 24.3 Å². The van der Waals surface area contributed by atoms with Gasteiger partial charge in [-0.2, -0.15) is 0 Å². The molecule has 1 aromatic carbocycles. The van der Waals surface area contributed by atoms with Crippen molar-refractivity contribution in [3.05, 3.63) is 35.4 Å². The summed E-state index contributed by atoms with van der Waals surface area (Å²) in [5, 5.41) is 12.0. The van der Waals surface area contributed by atoms with E-state index in [0.717, 1.165) is 6.42 Å². The van der Waals surface area contributed by atoms with E-state index in [2.05, 4.69) is 5.32 Å². The molecule has 0 radical (unpaired) electrons. The van der Waals surface area contributed by atoms with Gasteiger partial charge in [0.05, 0.1) is 11.1 Å². The van der Waals surface area contributed by atoms with Crippen molar-refractivity contribution in [1.29, 1.82) is 0 Å². The van der Waals surface area contributed by atoms with E-state index in [4.69, 9.17) is 5.11 Å². The van der Waals surface area contributed by atoms with Crippen LogP contribution in [0, 0.1) is 0 Å². The average Bonchev–Trinajstić information content (AvgIpc) is 2.55. The summed E-state index contributed by atoms with van der Waals surface area (Å²) in [5.41, 5.74) is 0.171. The second-order valence-electron chi connectivity index (χ2n) is 5.73. The summed E-state index contributed by atoms with van der Waals surface area (Å²) >= 11 is 0. The lowest BCUT2D eigenvalue weighted by Gasteiger charge is -2.32. The Morgan fingerprint density at radius 3 is 2.35 bits per heavy atom. The van der Waals surface area contributed by atoms with Gasteiger partial charge < -0.3 is 15.3 Å². The number of amides is 2. The third kappa shape index (κ3) is 4.31. The third-order valence-electron chi connectivity index (χ3n) is 4.05. The molecule has 0 bridgehead atoms. The zero-order valence-electron chi connectivity index (χ0n) is 13.2. The van der Waals surface area contributed by atoms with Crippen molar-refractivity contribution in [3.8, 4) is 0 Å². The Hall–Kier alpha value is -2.37. The van der Waals surface area contributed by atoms with Crippen molar-refractivity contribution in [2.24, 2.45) is 0 Å². The molecule has 0 atom stereocenters. The first kappa shape index (κ1) is 17.0. The maximum Gasteiger partial charge on any atom is 0.336 e. The van der Waals surface area contributed by atoms with E-state index in [-0.39, 0.29) is 29.0 Å². The fourth-order valence-corrected chi connectivity index (χ4v) is 2.78. The molecular weight excluding hydrogens is 296 g/mol. The van der Waals surface area contributed by atoms with Crippen LogP contribution in [-0.2, 0) is 4.79 Å². The van der Waals surface area contributed by atoms with Gasteiger partial charge in [0.15, 0.2) is 0 Å². The molecule has 23 heavy (non-hydrogen) atoms. The van der Waals surface area contributed by atoms with Crippen molar-refractivity contribution in [3.63, 3.8) is 0 Å². The number of nitrogens with zero attached hydrogens (tertiary/aromatic N) is 1. The normalized spacial score (nSPS) is 15.3. The zero-order valence-corrected chi connectivity index (χ0v) is 13.2. The number of hydrogen-bond acceptors (Lipinski definition) is 3. The van der Waals surface area contributed by atoms with Crippen LogP contribution in [0.2, 0.25) is 0 Å². The smallest absolute Gasteiger partial charge is 0.336 e. The fourth-order valence-electron chi connectivity index (χ4n) is 2.78. The summed E-state index contributed by atoms with van der Waals surface area (Å²) in [6.07, 6.45) is 2.78. The highest BCUT2D eigenvalue weighted by Gasteiger charge is 2.24. The quantitative estimate of drug-likeness (QED) is 0.868. The van der Waals surface area contributed by atoms with Gasteiger partial charge in [-0.3, -0.25) is 9.59 Å². The molecule has 1 aliphatic heterocycles. The van der Waals surface area contributed by atoms with Crippen LogP contribution in [0.4, 0.5) is 0 Å². The molecule has 2 rings (SSSR count). The van der Waals surface area contributed by atoms with Crippen LogP contribution in [-0.4, -0.2) is 46.9 Å². The van der Waals surface area contributed by atoms with Gasteiger partial charge in [0.2, 0.25) is 5.91 Å². The van der Waals surface area contributed by atoms with Gasteiger partial charge in [-0.25, -0.2) is 4.79 Å². The number of nitrogens with one attached hydrogen (secondary N) is 1. The van der Waals surface area contributed by atoms with Crippen LogP contribution >= 0.6 is 0 Å². The van der Waals surface area contributed by atoms with Crippen LogP contribution in [0.3, 0.4) is 0 Å². The van der Waals surface area contributed by atoms with E-state index in [1.165, 1.54) is 12.1 Å². The molecule has 124 valence electrons. The lowest BCUT2D eigenvalue weighted by atomic mass is 10.0. The van der Waals surface area contributed by atoms with E-state index < -0.39 is 5.97 Å². The summed E-state index contributed by atoms with van der Waals surface area (Å²) in [6.45, 7) is 3.24. The minimum atomic E-state index is -1.12. The minimum Gasteiger partial charge on any atom is -0.478 e. The standard InChI is InChI=1S/C17H22N2O4/c1-2-5-15(20)19-10-8-12(9-11-19)18-16(21)13-6-3-4-7-14(13)17(22)23/h3-4,6-7,12H,2,5,8-11H2,1H3,(H,18,21)(H,22,23). The van der Waals surface area contributed by atoms with Crippen molar-refractivity contribution < 1.29 is 19.5 Å². The van der Waals surface area contributed by atoms with Gasteiger partial charge in [-0.05, 0) is 31.4 Å². The van der Waals surface area contributed by atoms with Crippen LogP contribution in [0.25, 0.3) is 0 Å². The molecule has 6 nitrogen and oxygen atoms in total. The molecular formula is C17H22N2O4. The molecule has 1 aromatic rings. The van der Waals surface area contributed by atoms with Crippen molar-refractivity contribution >= 4 is 17.8 Å². The Bertz CT molecular complexity index is 592. The largest absolute Gasteiger partial charge is 0.478 e. The number of rotatable bonds is 5. The van der Waals surface area contributed by atoms with Crippen LogP contribution < -0.4 is 5.32 Å². The molecule has 1 aliphatic rings. The number of hydrogen-bond donors (Lipinski definition) is 2. The highest BCUT2D eigenvalue weighted by Crippen LogP contribution is 2.14. The fraction of sp³-hybridized carbons (Fsp3) is 0.471. The monoisotopic (exact) mass is 318 g/mol. The third-order valence-corrected chi connectivity index (χ3v) is 4.05. The van der Waals surface area contributed by atoms with Crippen molar-refractivity contribution in [2.75, 3.05) is 13.1 Å². The summed E-state index contributed by atoms with van der Waals surface area (Å²) in [6, 6.07) is 6.14. The van der Waals surface area contributed by atoms with Gasteiger partial charge in [0.1, 0.15) is 0 Å². The van der Waals surface area contributed by atoms with E-state index in [1.54, 1.807) is 12.1 Å². The Morgan fingerprint density at radius 1 is 1.17 bits per heavy atom. The highest BCUT2D eigenvalue weighted by atomic mass is 16.4. The summed E-state index contributed by atoms with van der Waals surface area (Å²) < 4.78 is 0. The molecule has 0 aliphatic carbocycles. The van der Waals surface area contributed by atoms with E-state index >= 15 is 0 Å². The number of piperidine rings is 1. The lowest BCUT2D eigenvalue weighted by Crippen LogP contribution is -2.46. The maximum absolute atomic E-state index is 12.3. The molecule has 0 saturated carbocycles. The van der Waals surface area contributed by atoms with Crippen molar-refractivity contribution in [2.45, 2.75) is 38.6 Å². The Morgan fingerprint density at radius 2 is 1.78 bits per heavy atom. The second-order valence-corrected chi connectivity index (χ2v) is 5.73. The molecule has 0 aromatic heterocycles. The SMILES string of the molecule is CCCC(=O)N1CCC(NC(=O)c2ccccc2C(=O)O)CC1. The first-order chi connectivity index (χ1) is 11.0. The highest BCUT2D eigenvalue weighted by molar-refractivity contribution is 6.04. The summed E-state index contributed by atoms with van der Waals surface area (Å²) in [7, 11) is 0. The molecule has 6 heteroatoms. The van der Waals surface area contributed by atoms with Gasteiger partial charge in [0, 0.05) is 25.6 Å². The van der Waals surface area contributed by atoms with E-state index in [0.29, 0.717) is 32.4 Å². The predicted molar refractivity (Wildman–Crippen MR) is 85.4 cm³/mol. The van der Waals surface area contributed by atoms with Gasteiger partial charge in [-0.1, -0.05) is 19.1 Å². The number of carboxylic acid groups (broad SMARTS) is 1. The van der Waals surface area contributed by atoms with Crippen molar-refractivity contribution in [1.82, 2.24) is 10.2 Å². The zero-order chi connectivity index (χ0) is 16.8. The average molecular weight is 318 g/mol. The minimum absolute atomic E-state index is 0.000518. The number of carboxylic acids is 1. The number of carbonyl (C=O) groups excluding carboxylic acids is 2. The molecule has 0 spiro atoms. The van der Waals surface area contributed by atoms with Crippen LogP contribution in [0.5, 0.6) is 0 Å². The Labute approximate surface area is 135 Å². The number of benzene rings is 1. The number of likely N-dealkylation sites (tertiary alicyclic amines) is 1. The number of carbonyl (C=O) groups is 3. The second kappa shape index (κ2) is 7.76. The molecule has 2 amide bonds. The predicted octanol–water partition coefficient (Wildman–Crippen LogP) is 1.91. The van der Waals surface area contributed by atoms with Gasteiger partial charge >= 0.3 is 5.97 Å². The van der Waals surface area contributed by atoms with E-state index in [1.807, 2.05) is 11.8 Å². The maximum atomic E-state index is 12.3. The Kier molecular flexibility index (Phi) is 5.73. The first-order valence-electron chi connectivity index (χ1n) is 7.94. The molecule has 1 heterocycles. The van der Waals surface area contributed by atoms with E-state index in [9.17, 15) is 14.4 Å². The molecule has 2 N–H and O–H groups in total. The summed E-state index contributed by atoms with van der Waals surface area (Å²) in [5.74, 6) is -1.33. The lowest BCUT2D eigenvalue weighted by molar-refractivity contribution is -0.132. The van der Waals surface area contributed by atoms with Gasteiger partial charge in [0.25, 0.3) is 5.91 Å². The Balaban J connectivity index is 1.93. The first-order valence-corrected chi connectivity index (χ1v) is 7.94. The van der Waals surface area contributed by atoms with Gasteiger partial charge in [-0.15, -0.1) is 0 Å². The number of aromatic carboxylic acids is 1. The van der Waals surface area contributed by atoms with Crippen LogP contribution in [0.1, 0.15) is 53.3 Å². The summed E-state index contributed by atoms with van der Waals surface area (Å²) in [4.78, 5) is 37.1.